The van der Waals surface area contributed by atoms with Crippen molar-refractivity contribution < 1.29 is 9.53 Å². The van der Waals surface area contributed by atoms with Crippen LogP contribution in [0.25, 0.3) is 0 Å². The predicted molar refractivity (Wildman–Crippen MR) is 105 cm³/mol. The highest BCUT2D eigenvalue weighted by Gasteiger charge is 2.10. The Hall–Kier alpha value is -3.87. The minimum absolute atomic E-state index is 0.233. The van der Waals surface area contributed by atoms with Gasteiger partial charge in [0.05, 0.1) is 6.54 Å². The van der Waals surface area contributed by atoms with E-state index in [1.54, 1.807) is 23.1 Å². The summed E-state index contributed by atoms with van der Waals surface area (Å²) in [6.45, 7) is 0.874. The van der Waals surface area contributed by atoms with E-state index in [0.717, 1.165) is 11.3 Å². The molecule has 4 rings (SSSR count). The van der Waals surface area contributed by atoms with Gasteiger partial charge in [0.15, 0.2) is 12.4 Å². The molecule has 0 unspecified atom stereocenters. The van der Waals surface area contributed by atoms with Crippen LogP contribution in [0.3, 0.4) is 0 Å². The van der Waals surface area contributed by atoms with Gasteiger partial charge in [-0.1, -0.05) is 30.3 Å². The molecule has 0 aliphatic carbocycles. The number of amides is 1. The lowest BCUT2D eigenvalue weighted by Gasteiger charge is -2.07. The third-order valence-corrected chi connectivity index (χ3v) is 4.07. The molecule has 0 radical (unpaired) electrons. The molecule has 140 valence electrons. The lowest BCUT2D eigenvalue weighted by atomic mass is 10.2. The van der Waals surface area contributed by atoms with Crippen LogP contribution >= 0.6 is 0 Å². The second-order valence-electron chi connectivity index (χ2n) is 6.19. The Morgan fingerprint density at radius 1 is 0.964 bits per heavy atom. The highest BCUT2D eigenvalue weighted by Crippen LogP contribution is 2.13. The molecule has 2 aromatic carbocycles. The van der Waals surface area contributed by atoms with Crippen LogP contribution in [-0.4, -0.2) is 25.5 Å². The zero-order valence-electron chi connectivity index (χ0n) is 15.1. The van der Waals surface area contributed by atoms with Gasteiger partial charge in [0.1, 0.15) is 5.75 Å². The van der Waals surface area contributed by atoms with E-state index < -0.39 is 0 Å². The average molecular weight is 373 g/mol. The van der Waals surface area contributed by atoms with E-state index in [1.807, 2.05) is 71.5 Å². The second kappa shape index (κ2) is 8.22. The molecule has 7 heteroatoms. The normalized spacial score (nSPS) is 10.6. The fourth-order valence-electron chi connectivity index (χ4n) is 2.74. The van der Waals surface area contributed by atoms with Gasteiger partial charge in [-0.05, 0) is 42.0 Å². The molecule has 1 amide bonds. The van der Waals surface area contributed by atoms with Crippen LogP contribution in [-0.2, 0) is 13.3 Å². The Kier molecular flexibility index (Phi) is 5.15. The van der Waals surface area contributed by atoms with Gasteiger partial charge in [0.2, 0.25) is 0 Å². The number of carbonyl (C=O) groups is 1. The zero-order chi connectivity index (χ0) is 19.2. The molecular weight excluding hydrogens is 354 g/mol. The van der Waals surface area contributed by atoms with Crippen LogP contribution in [0.15, 0.2) is 85.3 Å². The van der Waals surface area contributed by atoms with Crippen molar-refractivity contribution in [1.82, 2.24) is 19.6 Å². The van der Waals surface area contributed by atoms with Gasteiger partial charge in [-0.15, -0.1) is 0 Å². The van der Waals surface area contributed by atoms with Gasteiger partial charge < -0.3 is 10.1 Å². The predicted octanol–water partition coefficient (Wildman–Crippen LogP) is 3.42. The number of anilines is 1. The molecule has 0 aliphatic rings. The summed E-state index contributed by atoms with van der Waals surface area (Å²) in [6.07, 6.45) is 5.35. The third kappa shape index (κ3) is 4.45. The molecule has 0 aliphatic heterocycles. The molecule has 1 N–H and O–H groups in total. The molecule has 4 aromatic rings. The molecule has 0 fully saturated rings. The first-order valence-electron chi connectivity index (χ1n) is 8.85. The number of hydrogen-bond donors (Lipinski definition) is 1. The van der Waals surface area contributed by atoms with Crippen LogP contribution in [0, 0.1) is 0 Å². The Morgan fingerprint density at radius 2 is 1.86 bits per heavy atom. The minimum Gasteiger partial charge on any atom is -0.471 e. The maximum absolute atomic E-state index is 12.5. The van der Waals surface area contributed by atoms with Gasteiger partial charge in [0.25, 0.3) is 5.91 Å². The largest absolute Gasteiger partial charge is 0.471 e. The molecule has 2 aromatic heterocycles. The van der Waals surface area contributed by atoms with Crippen molar-refractivity contribution in [3.8, 4) is 5.75 Å². The summed E-state index contributed by atoms with van der Waals surface area (Å²) in [7, 11) is 0. The van der Waals surface area contributed by atoms with E-state index in [1.165, 1.54) is 0 Å². The highest BCUT2D eigenvalue weighted by molar-refractivity contribution is 6.02. The number of nitrogens with one attached hydrogen (secondary N) is 1. The van der Waals surface area contributed by atoms with Crippen molar-refractivity contribution in [2.24, 2.45) is 0 Å². The first-order chi connectivity index (χ1) is 13.8. The molecule has 2 heterocycles. The summed E-state index contributed by atoms with van der Waals surface area (Å²) in [5.74, 6) is 0.479. The maximum atomic E-state index is 12.5. The van der Waals surface area contributed by atoms with Crippen molar-refractivity contribution in [1.29, 1.82) is 0 Å². The van der Waals surface area contributed by atoms with Gasteiger partial charge in [-0.25, -0.2) is 4.68 Å². The van der Waals surface area contributed by atoms with E-state index in [0.29, 0.717) is 17.9 Å². The Labute approximate surface area is 162 Å². The first kappa shape index (κ1) is 17.5. The highest BCUT2D eigenvalue weighted by atomic mass is 16.5. The Bertz CT molecular complexity index is 1040. The van der Waals surface area contributed by atoms with Crippen LogP contribution in [0.1, 0.15) is 16.1 Å². The van der Waals surface area contributed by atoms with Gasteiger partial charge in [0, 0.05) is 24.3 Å². The van der Waals surface area contributed by atoms with Crippen molar-refractivity contribution in [3.63, 3.8) is 0 Å². The number of para-hydroxylation sites is 1. The number of hydrogen-bond acceptors (Lipinski definition) is 4. The minimum atomic E-state index is -0.269. The smallest absolute Gasteiger partial charge is 0.276 e. The van der Waals surface area contributed by atoms with Crippen molar-refractivity contribution in [2.45, 2.75) is 13.3 Å². The Balaban J connectivity index is 1.37. The van der Waals surface area contributed by atoms with E-state index in [4.69, 9.17) is 4.74 Å². The zero-order valence-corrected chi connectivity index (χ0v) is 15.1. The molecule has 0 saturated heterocycles. The monoisotopic (exact) mass is 373 g/mol. The van der Waals surface area contributed by atoms with Gasteiger partial charge >= 0.3 is 0 Å². The number of nitrogens with zero attached hydrogens (tertiary/aromatic N) is 4. The standard InChI is InChI=1S/C21H19N5O2/c27-21(20-10-13-26(24-20)16-28-19-8-2-1-3-9-19)23-18-7-4-6-17(14-18)15-25-12-5-11-22-25/h1-14H,15-16H2,(H,23,27). The van der Waals surface area contributed by atoms with Gasteiger partial charge in [-0.2, -0.15) is 10.2 Å². The Morgan fingerprint density at radius 3 is 2.68 bits per heavy atom. The van der Waals surface area contributed by atoms with Gasteiger partial charge in [-0.3, -0.25) is 9.48 Å². The van der Waals surface area contributed by atoms with E-state index in [9.17, 15) is 4.79 Å². The summed E-state index contributed by atoms with van der Waals surface area (Å²) in [5.41, 5.74) is 2.09. The van der Waals surface area contributed by atoms with E-state index in [-0.39, 0.29) is 12.6 Å². The van der Waals surface area contributed by atoms with Crippen molar-refractivity contribution >= 4 is 11.6 Å². The summed E-state index contributed by atoms with van der Waals surface area (Å²) < 4.78 is 9.04. The lowest BCUT2D eigenvalue weighted by molar-refractivity contribution is 0.102. The SMILES string of the molecule is O=C(Nc1cccc(Cn2cccn2)c1)c1ccn(COc2ccccc2)n1. The average Bonchev–Trinajstić information content (AvgIpc) is 3.39. The number of benzene rings is 2. The van der Waals surface area contributed by atoms with E-state index in [2.05, 4.69) is 15.5 Å². The van der Waals surface area contributed by atoms with Crippen molar-refractivity contribution in [3.05, 3.63) is 96.6 Å². The maximum Gasteiger partial charge on any atom is 0.276 e. The molecule has 7 nitrogen and oxygen atoms in total. The summed E-state index contributed by atoms with van der Waals surface area (Å²) >= 11 is 0. The van der Waals surface area contributed by atoms with Crippen molar-refractivity contribution in [2.75, 3.05) is 5.32 Å². The van der Waals surface area contributed by atoms with Crippen LogP contribution < -0.4 is 10.1 Å². The van der Waals surface area contributed by atoms with Crippen LogP contribution in [0.5, 0.6) is 5.75 Å². The molecular formula is C21H19N5O2. The van der Waals surface area contributed by atoms with Crippen LogP contribution in [0.4, 0.5) is 5.69 Å². The number of rotatable bonds is 7. The number of aromatic nitrogens is 4. The van der Waals surface area contributed by atoms with E-state index >= 15 is 0 Å². The number of carbonyl (C=O) groups excluding carboxylic acids is 1. The molecule has 0 atom stereocenters. The quantitative estimate of drug-likeness (QED) is 0.539. The fourth-order valence-corrected chi connectivity index (χ4v) is 2.74. The van der Waals surface area contributed by atoms with Crippen LogP contribution in [0.2, 0.25) is 0 Å². The molecule has 0 spiro atoms. The molecule has 28 heavy (non-hydrogen) atoms. The summed E-state index contributed by atoms with van der Waals surface area (Å²) in [4.78, 5) is 12.5. The topological polar surface area (TPSA) is 74.0 Å². The number of ether oxygens (including phenoxy) is 1. The molecule has 0 saturated carbocycles. The summed E-state index contributed by atoms with van der Waals surface area (Å²) in [6, 6.07) is 20.7. The molecule has 0 bridgehead atoms. The first-order valence-corrected chi connectivity index (χ1v) is 8.85. The second-order valence-corrected chi connectivity index (χ2v) is 6.19. The fraction of sp³-hybridized carbons (Fsp3) is 0.0952. The summed E-state index contributed by atoms with van der Waals surface area (Å²) in [5, 5.41) is 11.3. The third-order valence-electron chi connectivity index (χ3n) is 4.07. The lowest BCUT2D eigenvalue weighted by Crippen LogP contribution is -2.14.